The molecule has 130 valence electrons. The van der Waals surface area contributed by atoms with E-state index in [-0.39, 0.29) is 68.6 Å². The summed E-state index contributed by atoms with van der Waals surface area (Å²) in [5.41, 5.74) is -0.459. The van der Waals surface area contributed by atoms with Gasteiger partial charge in [-0.15, -0.1) is 0 Å². The summed E-state index contributed by atoms with van der Waals surface area (Å²) in [6.45, 7) is 0. The van der Waals surface area contributed by atoms with Crippen molar-refractivity contribution in [3.8, 4) is 6.01 Å². The average Bonchev–Trinajstić information content (AvgIpc) is 2.44. The average molecular weight is 435 g/mol. The SMILES string of the molecule is COc1nc(Cl)nc(Nc2cc(S(=O)(=O)[O-])ccc2S(=O)(=O)O)n1.[K+]. The largest absolute Gasteiger partial charge is 1.00 e. The van der Waals surface area contributed by atoms with Gasteiger partial charge in [0.15, 0.2) is 0 Å². The van der Waals surface area contributed by atoms with E-state index in [4.69, 9.17) is 16.3 Å². The van der Waals surface area contributed by atoms with Crippen molar-refractivity contribution in [2.24, 2.45) is 0 Å². The molecule has 0 fully saturated rings. The Kier molecular flexibility index (Phi) is 7.70. The fourth-order valence-electron chi connectivity index (χ4n) is 1.59. The third-order valence-electron chi connectivity index (χ3n) is 2.53. The predicted octanol–water partition coefficient (Wildman–Crippen LogP) is -2.57. The first-order valence-corrected chi connectivity index (χ1v) is 9.03. The minimum atomic E-state index is -4.87. The topological polar surface area (TPSA) is 172 Å². The number of benzene rings is 1. The molecule has 0 saturated heterocycles. The molecule has 0 aliphatic carbocycles. The maximum atomic E-state index is 11.4. The van der Waals surface area contributed by atoms with Crippen molar-refractivity contribution in [2.75, 3.05) is 12.4 Å². The zero-order chi connectivity index (χ0) is 18.1. The Morgan fingerprint density at radius 1 is 1.20 bits per heavy atom. The van der Waals surface area contributed by atoms with Crippen LogP contribution in [0.4, 0.5) is 11.6 Å². The first kappa shape index (κ1) is 22.6. The van der Waals surface area contributed by atoms with Crippen LogP contribution in [0.3, 0.4) is 0 Å². The number of hydrogen-bond acceptors (Lipinski definition) is 10. The predicted molar refractivity (Wildman–Crippen MR) is 78.9 cm³/mol. The van der Waals surface area contributed by atoms with E-state index in [2.05, 4.69) is 20.3 Å². The molecule has 25 heavy (non-hydrogen) atoms. The number of nitrogens with zero attached hydrogens (tertiary/aromatic N) is 3. The fraction of sp³-hybridized carbons (Fsp3) is 0.100. The summed E-state index contributed by atoms with van der Waals surface area (Å²) in [7, 11) is -8.37. The second kappa shape index (κ2) is 8.51. The molecule has 2 N–H and O–H groups in total. The summed E-state index contributed by atoms with van der Waals surface area (Å²) in [6.07, 6.45) is 0. The van der Waals surface area contributed by atoms with Crippen molar-refractivity contribution in [2.45, 2.75) is 9.79 Å². The van der Waals surface area contributed by atoms with Crippen LogP contribution in [-0.4, -0.2) is 48.0 Å². The molecule has 0 saturated carbocycles. The number of aromatic nitrogens is 3. The number of halogens is 1. The van der Waals surface area contributed by atoms with Crippen molar-refractivity contribution >= 4 is 43.5 Å². The van der Waals surface area contributed by atoms with Crippen molar-refractivity contribution in [1.82, 2.24) is 15.0 Å². The summed E-state index contributed by atoms with van der Waals surface area (Å²) in [5.74, 6) is -0.308. The third kappa shape index (κ3) is 6.05. The van der Waals surface area contributed by atoms with Crippen molar-refractivity contribution < 1.29 is 82.1 Å². The first-order chi connectivity index (χ1) is 11.0. The summed E-state index contributed by atoms with van der Waals surface area (Å²) >= 11 is 5.63. The molecule has 1 heterocycles. The number of rotatable bonds is 5. The van der Waals surface area contributed by atoms with Crippen LogP contribution in [0.5, 0.6) is 6.01 Å². The van der Waals surface area contributed by atoms with Crippen LogP contribution in [0.25, 0.3) is 0 Å². The normalized spacial score (nSPS) is 11.5. The van der Waals surface area contributed by atoms with Gasteiger partial charge in [-0.3, -0.25) is 4.55 Å². The Morgan fingerprint density at radius 2 is 1.84 bits per heavy atom. The number of anilines is 2. The standard InChI is InChI=1S/C10H9ClN4O7S2.K/c1-22-10-14-8(11)13-9(15-10)12-6-4-5(23(16,17)18)2-3-7(6)24(19,20)21;/h2-4H,1H3,(H,16,17,18)(H,19,20,21)(H,12,13,14,15);/q;+1/p-1. The van der Waals surface area contributed by atoms with Gasteiger partial charge < -0.3 is 14.6 Å². The molecule has 11 nitrogen and oxygen atoms in total. The summed E-state index contributed by atoms with van der Waals surface area (Å²) in [4.78, 5) is 9.51. The summed E-state index contributed by atoms with van der Waals surface area (Å²) in [5, 5.41) is 2.04. The third-order valence-corrected chi connectivity index (χ3v) is 4.45. The van der Waals surface area contributed by atoms with Crippen LogP contribution < -0.4 is 61.4 Å². The molecule has 0 spiro atoms. The number of nitrogens with one attached hydrogen (secondary N) is 1. The number of methoxy groups -OCH3 is 1. The zero-order valence-electron chi connectivity index (χ0n) is 12.7. The Bertz CT molecular complexity index is 1000. The molecular formula is C10H8ClKN4O7S2. The van der Waals surface area contributed by atoms with Gasteiger partial charge in [0.05, 0.1) is 17.7 Å². The summed E-state index contributed by atoms with van der Waals surface area (Å²) < 4.78 is 69.9. The van der Waals surface area contributed by atoms with E-state index < -0.39 is 35.7 Å². The van der Waals surface area contributed by atoms with Crippen LogP contribution in [0.1, 0.15) is 0 Å². The van der Waals surface area contributed by atoms with Crippen LogP contribution in [0.2, 0.25) is 5.28 Å². The molecule has 0 bridgehead atoms. The van der Waals surface area contributed by atoms with Crippen LogP contribution in [-0.2, 0) is 20.2 Å². The number of ether oxygens (including phenoxy) is 1. The first-order valence-electron chi connectivity index (χ1n) is 5.81. The Labute approximate surface area is 190 Å². The molecule has 2 rings (SSSR count). The smallest absolute Gasteiger partial charge is 0.744 e. The second-order valence-corrected chi connectivity index (χ2v) is 7.23. The maximum absolute atomic E-state index is 11.4. The van der Waals surface area contributed by atoms with Crippen molar-refractivity contribution in [3.63, 3.8) is 0 Å². The van der Waals surface area contributed by atoms with Crippen molar-refractivity contribution in [1.29, 1.82) is 0 Å². The molecule has 1 aromatic heterocycles. The fourth-order valence-corrected chi connectivity index (χ4v) is 2.86. The maximum Gasteiger partial charge on any atom is 1.00 e. The van der Waals surface area contributed by atoms with Gasteiger partial charge in [0.2, 0.25) is 11.2 Å². The molecular weight excluding hydrogens is 427 g/mol. The van der Waals surface area contributed by atoms with E-state index in [1.807, 2.05) is 0 Å². The minimum absolute atomic E-state index is 0. The van der Waals surface area contributed by atoms with Gasteiger partial charge in [-0.25, -0.2) is 8.42 Å². The molecule has 2 aromatic rings. The Morgan fingerprint density at radius 3 is 2.36 bits per heavy atom. The van der Waals surface area contributed by atoms with E-state index in [0.29, 0.717) is 6.07 Å². The summed E-state index contributed by atoms with van der Waals surface area (Å²) in [6, 6.07) is 1.97. The van der Waals surface area contributed by atoms with Crippen LogP contribution in [0, 0.1) is 0 Å². The van der Waals surface area contributed by atoms with Gasteiger partial charge in [-0.1, -0.05) is 0 Å². The molecule has 0 radical (unpaired) electrons. The van der Waals surface area contributed by atoms with E-state index >= 15 is 0 Å². The Balaban J connectivity index is 0.00000312. The van der Waals surface area contributed by atoms with Gasteiger partial charge in [0.1, 0.15) is 15.0 Å². The Hall–Kier alpha value is -0.424. The van der Waals surface area contributed by atoms with Gasteiger partial charge in [0.25, 0.3) is 10.1 Å². The van der Waals surface area contributed by atoms with E-state index in [1.165, 1.54) is 7.11 Å². The zero-order valence-corrected chi connectivity index (χ0v) is 18.2. The van der Waals surface area contributed by atoms with Gasteiger partial charge in [-0.05, 0) is 29.8 Å². The van der Waals surface area contributed by atoms with Crippen molar-refractivity contribution in [3.05, 3.63) is 23.5 Å². The quantitative estimate of drug-likeness (QED) is 0.374. The second-order valence-electron chi connectivity index (χ2n) is 4.13. The van der Waals surface area contributed by atoms with Gasteiger partial charge >= 0.3 is 57.4 Å². The molecule has 0 amide bonds. The molecule has 0 aliphatic rings. The minimum Gasteiger partial charge on any atom is -0.744 e. The van der Waals surface area contributed by atoms with E-state index in [1.54, 1.807) is 0 Å². The number of hydrogen-bond donors (Lipinski definition) is 2. The van der Waals surface area contributed by atoms with Crippen LogP contribution >= 0.6 is 11.6 Å². The van der Waals surface area contributed by atoms with Gasteiger partial charge in [0, 0.05) is 0 Å². The molecule has 15 heteroatoms. The van der Waals surface area contributed by atoms with E-state index in [0.717, 1.165) is 12.1 Å². The molecule has 0 atom stereocenters. The molecule has 0 aliphatic heterocycles. The molecule has 0 unspecified atom stereocenters. The van der Waals surface area contributed by atoms with Crippen LogP contribution in [0.15, 0.2) is 28.0 Å². The monoisotopic (exact) mass is 434 g/mol. The van der Waals surface area contributed by atoms with Gasteiger partial charge in [-0.2, -0.15) is 23.4 Å². The molecule has 1 aromatic carbocycles. The van der Waals surface area contributed by atoms with E-state index in [9.17, 15) is 25.9 Å².